The summed E-state index contributed by atoms with van der Waals surface area (Å²) in [6, 6.07) is 31.9. The average molecular weight is 643 g/mol. The van der Waals surface area contributed by atoms with E-state index in [1.54, 1.807) is 0 Å². The third kappa shape index (κ3) is 3.84. The Hall–Kier alpha value is -3.39. The van der Waals surface area contributed by atoms with E-state index >= 15 is 0 Å². The normalized spacial score (nSPS) is 13.0. The summed E-state index contributed by atoms with van der Waals surface area (Å²) in [5.41, 5.74) is 8.46. The van der Waals surface area contributed by atoms with Gasteiger partial charge in [-0.2, -0.15) is 0 Å². The van der Waals surface area contributed by atoms with Crippen molar-refractivity contribution in [2.24, 2.45) is 0 Å². The predicted octanol–water partition coefficient (Wildman–Crippen LogP) is 8.14. The summed E-state index contributed by atoms with van der Waals surface area (Å²) in [7, 11) is 0. The molecule has 0 fully saturated rings. The monoisotopic (exact) mass is 643 g/mol. The van der Waals surface area contributed by atoms with Crippen LogP contribution in [0, 0.1) is 26.0 Å². The van der Waals surface area contributed by atoms with Gasteiger partial charge in [0, 0.05) is 32.5 Å². The fourth-order valence-corrected chi connectivity index (χ4v) is 5.41. The minimum Gasteiger partial charge on any atom is -0.305 e. The van der Waals surface area contributed by atoms with Crippen LogP contribution in [0.1, 0.15) is 36.1 Å². The van der Waals surface area contributed by atoms with Gasteiger partial charge in [-0.1, -0.05) is 62.1 Å². The fourth-order valence-electron chi connectivity index (χ4n) is 5.41. The summed E-state index contributed by atoms with van der Waals surface area (Å²) in [6.45, 7) is 8.78. The number of aryl methyl sites for hydroxylation is 2. The maximum absolute atomic E-state index is 4.64. The van der Waals surface area contributed by atoms with Crippen molar-refractivity contribution in [3.8, 4) is 11.3 Å². The number of fused-ring (bicyclic) bond motifs is 3. The molecule has 1 aliphatic rings. The molecule has 7 rings (SSSR count). The van der Waals surface area contributed by atoms with Crippen LogP contribution in [-0.2, 0) is 25.5 Å². The molecule has 2 aromatic heterocycles. The van der Waals surface area contributed by atoms with Crippen LogP contribution in [0.25, 0.3) is 43.7 Å². The minimum absolute atomic E-state index is 0. The quantitative estimate of drug-likeness (QED) is 0.134. The van der Waals surface area contributed by atoms with Gasteiger partial charge in [0.25, 0.3) is 0 Å². The van der Waals surface area contributed by atoms with E-state index in [2.05, 4.69) is 92.3 Å². The summed E-state index contributed by atoms with van der Waals surface area (Å²) in [4.78, 5) is 8.96. The molecule has 0 saturated carbocycles. The molecule has 0 spiro atoms. The largest absolute Gasteiger partial charge is 0.305 e. The van der Waals surface area contributed by atoms with Crippen molar-refractivity contribution in [2.75, 3.05) is 0 Å². The average Bonchev–Trinajstić information content (AvgIpc) is 3.12. The van der Waals surface area contributed by atoms with Crippen LogP contribution >= 0.6 is 0 Å². The van der Waals surface area contributed by atoms with Crippen molar-refractivity contribution in [1.29, 1.82) is 0 Å². The number of hydrogen-bond donors (Lipinski definition) is 0. The van der Waals surface area contributed by atoms with E-state index in [0.29, 0.717) is 0 Å². The van der Waals surface area contributed by atoms with Gasteiger partial charge in [-0.05, 0) is 57.4 Å². The van der Waals surface area contributed by atoms with Gasteiger partial charge in [-0.25, -0.2) is 0 Å². The Morgan fingerprint density at radius 3 is 2.25 bits per heavy atom. The maximum atomic E-state index is 4.64. The zero-order valence-electron chi connectivity index (χ0n) is 20.8. The number of benzene rings is 4. The number of rotatable bonds is 1. The zero-order chi connectivity index (χ0) is 24.2. The first kappa shape index (κ1) is 24.3. The number of pyridine rings is 2. The van der Waals surface area contributed by atoms with Crippen LogP contribution in [0.4, 0.5) is 0 Å². The van der Waals surface area contributed by atoms with Crippen molar-refractivity contribution in [3.63, 3.8) is 0 Å². The fraction of sp³-hybridized carbons (Fsp3) is 0.152. The molecule has 0 aliphatic heterocycles. The van der Waals surface area contributed by atoms with Crippen LogP contribution in [-0.4, -0.2) is 9.97 Å². The smallest absolute Gasteiger partial charge is 0.0163 e. The van der Waals surface area contributed by atoms with Gasteiger partial charge >= 0.3 is 0 Å². The molecule has 3 heteroatoms. The second-order valence-corrected chi connectivity index (χ2v) is 9.89. The number of hydrogen-bond acceptors (Lipinski definition) is 2. The summed E-state index contributed by atoms with van der Waals surface area (Å²) >= 11 is 0. The zero-order valence-corrected chi connectivity index (χ0v) is 23.2. The summed E-state index contributed by atoms with van der Waals surface area (Å²) in [5, 5.41) is 6.44. The SMILES string of the molecule is CC1(C)c2cc[c-]c3c4ncccc4c4cccc1c4c23.Cc1cc[c-]c(-c2cc(C)ccn2)c1.[Ir]. The first-order valence-corrected chi connectivity index (χ1v) is 12.0. The number of nitrogens with zero attached hydrogens (tertiary/aromatic N) is 2. The van der Waals surface area contributed by atoms with Gasteiger partial charge in [0.15, 0.2) is 0 Å². The molecule has 1 radical (unpaired) electrons. The van der Waals surface area contributed by atoms with E-state index in [0.717, 1.165) is 22.2 Å². The summed E-state index contributed by atoms with van der Waals surface area (Å²) < 4.78 is 0. The Morgan fingerprint density at radius 1 is 0.694 bits per heavy atom. The molecule has 0 amide bonds. The number of aromatic nitrogens is 2. The molecule has 0 N–H and O–H groups in total. The Balaban J connectivity index is 0.000000157. The standard InChI is InChI=1S/C20H14N.C13H12N.Ir/c1-20(2)15-9-3-6-12-13-8-5-11-21-19(13)14-7-4-10-16(20)18(14)17(12)15;1-10-4-3-5-12(8-10)13-9-11(2)6-7-14-13;/h3-6,8-11H,1-2H3;3-4,6-9H,1-2H3;/q2*-1;. The molecule has 0 saturated heterocycles. The second-order valence-electron chi connectivity index (χ2n) is 9.89. The van der Waals surface area contributed by atoms with Gasteiger partial charge in [0.1, 0.15) is 0 Å². The molecule has 2 heterocycles. The van der Waals surface area contributed by atoms with Gasteiger partial charge in [0.2, 0.25) is 0 Å². The van der Waals surface area contributed by atoms with Crippen LogP contribution < -0.4 is 0 Å². The van der Waals surface area contributed by atoms with Crippen LogP contribution in [0.2, 0.25) is 0 Å². The Morgan fingerprint density at radius 2 is 1.44 bits per heavy atom. The van der Waals surface area contributed by atoms with Crippen LogP contribution in [0.3, 0.4) is 0 Å². The van der Waals surface area contributed by atoms with E-state index in [9.17, 15) is 0 Å². The van der Waals surface area contributed by atoms with Crippen molar-refractivity contribution in [3.05, 3.63) is 120 Å². The molecule has 0 unspecified atom stereocenters. The van der Waals surface area contributed by atoms with Crippen molar-refractivity contribution < 1.29 is 20.1 Å². The van der Waals surface area contributed by atoms with Gasteiger partial charge < -0.3 is 9.97 Å². The van der Waals surface area contributed by atoms with E-state index in [-0.39, 0.29) is 25.5 Å². The molecule has 0 bridgehead atoms. The predicted molar refractivity (Wildman–Crippen MR) is 146 cm³/mol. The van der Waals surface area contributed by atoms with Gasteiger partial charge in [-0.15, -0.1) is 64.5 Å². The summed E-state index contributed by atoms with van der Waals surface area (Å²) in [5.74, 6) is 0. The van der Waals surface area contributed by atoms with Crippen molar-refractivity contribution in [1.82, 2.24) is 9.97 Å². The van der Waals surface area contributed by atoms with Crippen LogP contribution in [0.5, 0.6) is 0 Å². The first-order valence-electron chi connectivity index (χ1n) is 12.0. The molecule has 4 aromatic carbocycles. The first-order chi connectivity index (χ1) is 16.9. The topological polar surface area (TPSA) is 25.8 Å². The maximum Gasteiger partial charge on any atom is 0.0163 e. The molecule has 6 aromatic rings. The molecular weight excluding hydrogens is 617 g/mol. The Labute approximate surface area is 225 Å². The van der Waals surface area contributed by atoms with E-state index < -0.39 is 0 Å². The third-order valence-electron chi connectivity index (χ3n) is 7.14. The van der Waals surface area contributed by atoms with Crippen molar-refractivity contribution in [2.45, 2.75) is 33.1 Å². The van der Waals surface area contributed by atoms with E-state index in [1.165, 1.54) is 43.8 Å². The Bertz CT molecular complexity index is 1620. The Kier molecular flexibility index (Phi) is 6.24. The van der Waals surface area contributed by atoms with Gasteiger partial charge in [0.05, 0.1) is 0 Å². The van der Waals surface area contributed by atoms with E-state index in [4.69, 9.17) is 0 Å². The molecule has 1 aliphatic carbocycles. The second kappa shape index (κ2) is 9.24. The molecule has 179 valence electrons. The molecule has 36 heavy (non-hydrogen) atoms. The van der Waals surface area contributed by atoms with Crippen molar-refractivity contribution >= 4 is 32.4 Å². The minimum atomic E-state index is 0. The molecule has 2 nitrogen and oxygen atoms in total. The third-order valence-corrected chi connectivity index (χ3v) is 7.14. The van der Waals surface area contributed by atoms with Gasteiger partial charge in [-0.3, -0.25) is 0 Å². The van der Waals surface area contributed by atoms with Crippen LogP contribution in [0.15, 0.2) is 85.2 Å². The van der Waals surface area contributed by atoms with E-state index in [1.807, 2.05) is 42.7 Å². The summed E-state index contributed by atoms with van der Waals surface area (Å²) in [6.07, 6.45) is 3.71. The molecular formula is C33H26IrN2-2. The molecule has 0 atom stereocenters.